The molecule has 0 saturated carbocycles. The van der Waals surface area contributed by atoms with Crippen LogP contribution < -0.4 is 14.9 Å². The molecule has 4 rings (SSSR count). The number of hydrogen-bond donors (Lipinski definition) is 1. The average molecular weight is 476 g/mol. The van der Waals surface area contributed by atoms with Crippen LogP contribution >= 0.6 is 11.8 Å². The molecule has 0 aromatic heterocycles. The van der Waals surface area contributed by atoms with Gasteiger partial charge in [0.1, 0.15) is 5.37 Å². The summed E-state index contributed by atoms with van der Waals surface area (Å²) in [6.45, 7) is 0.558. The highest BCUT2D eigenvalue weighted by atomic mass is 32.2. The number of thioether (sulfide) groups is 1. The molecule has 34 heavy (non-hydrogen) atoms. The highest BCUT2D eigenvalue weighted by Gasteiger charge is 2.32. The monoisotopic (exact) mass is 475 g/mol. The fourth-order valence-corrected chi connectivity index (χ4v) is 4.91. The van der Waals surface area contributed by atoms with Crippen molar-refractivity contribution in [3.05, 3.63) is 95.1 Å². The van der Waals surface area contributed by atoms with Crippen LogP contribution in [0, 0.1) is 0 Å². The lowest BCUT2D eigenvalue weighted by Crippen LogP contribution is -2.27. The number of methoxy groups -OCH3 is 2. The van der Waals surface area contributed by atoms with Gasteiger partial charge >= 0.3 is 0 Å². The predicted octanol–water partition coefficient (Wildman–Crippen LogP) is 4.24. The van der Waals surface area contributed by atoms with Gasteiger partial charge < -0.3 is 14.4 Å². The highest BCUT2D eigenvalue weighted by Crippen LogP contribution is 2.39. The normalized spacial score (nSPS) is 15.5. The summed E-state index contributed by atoms with van der Waals surface area (Å²) in [5.41, 5.74) is 5.76. The molecule has 1 saturated heterocycles. The van der Waals surface area contributed by atoms with Crippen LogP contribution in [0.4, 0.5) is 0 Å². The van der Waals surface area contributed by atoms with Crippen molar-refractivity contribution in [1.29, 1.82) is 0 Å². The zero-order valence-electron chi connectivity index (χ0n) is 18.9. The third-order valence-corrected chi connectivity index (χ3v) is 6.68. The van der Waals surface area contributed by atoms with Crippen LogP contribution in [0.25, 0.3) is 0 Å². The minimum absolute atomic E-state index is 0.0802. The molecule has 0 radical (unpaired) electrons. The molecule has 8 heteroatoms. The lowest BCUT2D eigenvalue weighted by molar-refractivity contribution is -0.128. The molecule has 0 bridgehead atoms. The Bertz CT molecular complexity index is 1180. The van der Waals surface area contributed by atoms with E-state index < -0.39 is 0 Å². The van der Waals surface area contributed by atoms with Crippen molar-refractivity contribution in [3.8, 4) is 11.5 Å². The van der Waals surface area contributed by atoms with Gasteiger partial charge in [0.05, 0.1) is 26.2 Å². The summed E-state index contributed by atoms with van der Waals surface area (Å²) >= 11 is 1.59. The Morgan fingerprint density at radius 2 is 1.82 bits per heavy atom. The van der Waals surface area contributed by atoms with Crippen LogP contribution in [0.1, 0.15) is 32.4 Å². The van der Waals surface area contributed by atoms with Gasteiger partial charge in [-0.15, -0.1) is 11.8 Å². The van der Waals surface area contributed by atoms with Gasteiger partial charge in [0.15, 0.2) is 11.5 Å². The van der Waals surface area contributed by atoms with Crippen LogP contribution in [0.15, 0.2) is 77.9 Å². The van der Waals surface area contributed by atoms with Gasteiger partial charge in [-0.25, -0.2) is 5.43 Å². The second-order valence-corrected chi connectivity index (χ2v) is 8.64. The number of hydrazone groups is 1. The molecular formula is C26H25N3O4S. The van der Waals surface area contributed by atoms with E-state index in [1.54, 1.807) is 44.2 Å². The first-order chi connectivity index (χ1) is 16.6. The molecule has 1 aliphatic heterocycles. The van der Waals surface area contributed by atoms with E-state index in [9.17, 15) is 9.59 Å². The van der Waals surface area contributed by atoms with Gasteiger partial charge in [-0.05, 0) is 35.4 Å². The van der Waals surface area contributed by atoms with Crippen molar-refractivity contribution in [2.75, 3.05) is 20.0 Å². The number of benzene rings is 3. The number of carbonyl (C=O) groups excluding carboxylic acids is 2. The number of amides is 2. The van der Waals surface area contributed by atoms with E-state index in [-0.39, 0.29) is 17.2 Å². The van der Waals surface area contributed by atoms with Crippen molar-refractivity contribution in [2.24, 2.45) is 5.10 Å². The Balaban J connectivity index is 1.42. The molecule has 0 aliphatic carbocycles. The van der Waals surface area contributed by atoms with Gasteiger partial charge in [0, 0.05) is 17.7 Å². The van der Waals surface area contributed by atoms with Crippen LogP contribution in [0.3, 0.4) is 0 Å². The average Bonchev–Trinajstić information content (AvgIpc) is 3.24. The molecule has 0 unspecified atom stereocenters. The SMILES string of the molecule is COc1cccc(/C=N\NC(=O)c2ccc([C@H]3SCC(=O)N3Cc3ccccc3)cc2)c1OC. The maximum Gasteiger partial charge on any atom is 0.271 e. The zero-order chi connectivity index (χ0) is 23.9. The van der Waals surface area contributed by atoms with Crippen molar-refractivity contribution >= 4 is 29.8 Å². The maximum atomic E-state index is 12.6. The standard InChI is InChI=1S/C26H25N3O4S/c1-32-22-10-6-9-21(24(22)33-2)15-27-28-25(31)19-11-13-20(14-12-19)26-29(23(30)17-34-26)16-18-7-4-3-5-8-18/h3-15,26H,16-17H2,1-2H3,(H,28,31)/b27-15-/t26-/m1/s1. The molecule has 7 nitrogen and oxygen atoms in total. The first-order valence-electron chi connectivity index (χ1n) is 10.7. The summed E-state index contributed by atoms with van der Waals surface area (Å²) in [6, 6.07) is 22.6. The molecule has 1 fully saturated rings. The van der Waals surface area contributed by atoms with E-state index in [2.05, 4.69) is 10.5 Å². The van der Waals surface area contributed by atoms with E-state index in [1.807, 2.05) is 59.5 Å². The number of nitrogens with one attached hydrogen (secondary N) is 1. The lowest BCUT2D eigenvalue weighted by atomic mass is 10.1. The molecule has 1 atom stereocenters. The van der Waals surface area contributed by atoms with Crippen molar-refractivity contribution in [1.82, 2.24) is 10.3 Å². The maximum absolute atomic E-state index is 12.6. The summed E-state index contributed by atoms with van der Waals surface area (Å²) in [5.74, 6) is 1.35. The number of carbonyl (C=O) groups is 2. The summed E-state index contributed by atoms with van der Waals surface area (Å²) in [5, 5.41) is 3.97. The zero-order valence-corrected chi connectivity index (χ0v) is 19.7. The quantitative estimate of drug-likeness (QED) is 0.389. The Labute approximate surface area is 202 Å². The molecule has 3 aromatic carbocycles. The summed E-state index contributed by atoms with van der Waals surface area (Å²) < 4.78 is 10.6. The first kappa shape index (κ1) is 23.4. The Morgan fingerprint density at radius 1 is 1.06 bits per heavy atom. The minimum Gasteiger partial charge on any atom is -0.493 e. The number of para-hydroxylation sites is 1. The van der Waals surface area contributed by atoms with Crippen molar-refractivity contribution in [3.63, 3.8) is 0 Å². The van der Waals surface area contributed by atoms with Crippen molar-refractivity contribution < 1.29 is 19.1 Å². The Kier molecular flexibility index (Phi) is 7.49. The molecule has 3 aromatic rings. The first-order valence-corrected chi connectivity index (χ1v) is 11.7. The molecule has 1 aliphatic rings. The van der Waals surface area contributed by atoms with Crippen LogP contribution in [-0.4, -0.2) is 42.9 Å². The molecule has 2 amide bonds. The molecule has 1 N–H and O–H groups in total. The highest BCUT2D eigenvalue weighted by molar-refractivity contribution is 8.00. The van der Waals surface area contributed by atoms with Gasteiger partial charge in [-0.3, -0.25) is 9.59 Å². The van der Waals surface area contributed by atoms with E-state index >= 15 is 0 Å². The summed E-state index contributed by atoms with van der Waals surface area (Å²) in [7, 11) is 3.11. The lowest BCUT2D eigenvalue weighted by Gasteiger charge is -2.24. The smallest absolute Gasteiger partial charge is 0.271 e. The second kappa shape index (κ2) is 10.9. The van der Waals surface area contributed by atoms with Gasteiger partial charge in [-0.1, -0.05) is 48.5 Å². The topological polar surface area (TPSA) is 80.2 Å². The van der Waals surface area contributed by atoms with E-state index in [0.717, 1.165) is 11.1 Å². The minimum atomic E-state index is -0.332. The van der Waals surface area contributed by atoms with Gasteiger partial charge in [0.2, 0.25) is 5.91 Å². The van der Waals surface area contributed by atoms with E-state index in [4.69, 9.17) is 9.47 Å². The number of ether oxygens (including phenoxy) is 2. The van der Waals surface area contributed by atoms with E-state index in [0.29, 0.717) is 34.9 Å². The van der Waals surface area contributed by atoms with Gasteiger partial charge in [-0.2, -0.15) is 5.10 Å². The third-order valence-electron chi connectivity index (χ3n) is 5.42. The molecule has 174 valence electrons. The fraction of sp³-hybridized carbons (Fsp3) is 0.192. The van der Waals surface area contributed by atoms with Crippen LogP contribution in [0.2, 0.25) is 0 Å². The number of rotatable bonds is 8. The van der Waals surface area contributed by atoms with Crippen LogP contribution in [-0.2, 0) is 11.3 Å². The second-order valence-electron chi connectivity index (χ2n) is 7.57. The predicted molar refractivity (Wildman–Crippen MR) is 133 cm³/mol. The molecule has 1 heterocycles. The molecular weight excluding hydrogens is 450 g/mol. The largest absolute Gasteiger partial charge is 0.493 e. The number of hydrogen-bond acceptors (Lipinski definition) is 6. The number of nitrogens with zero attached hydrogens (tertiary/aromatic N) is 2. The fourth-order valence-electron chi connectivity index (χ4n) is 3.72. The van der Waals surface area contributed by atoms with Crippen molar-refractivity contribution in [2.45, 2.75) is 11.9 Å². The van der Waals surface area contributed by atoms with E-state index in [1.165, 1.54) is 6.21 Å². The molecule has 0 spiro atoms. The van der Waals surface area contributed by atoms with Crippen LogP contribution in [0.5, 0.6) is 11.5 Å². The summed E-state index contributed by atoms with van der Waals surface area (Å²) in [4.78, 5) is 26.9. The Hall–Kier alpha value is -3.78. The van der Waals surface area contributed by atoms with Gasteiger partial charge in [0.25, 0.3) is 5.91 Å². The third kappa shape index (κ3) is 5.23. The summed E-state index contributed by atoms with van der Waals surface area (Å²) in [6.07, 6.45) is 1.51. The Morgan fingerprint density at radius 3 is 2.53 bits per heavy atom.